The smallest absolute Gasteiger partial charge is 0.314 e. The Morgan fingerprint density at radius 2 is 1.57 bits per heavy atom. The van der Waals surface area contributed by atoms with E-state index in [1.807, 2.05) is 0 Å². The Morgan fingerprint density at radius 1 is 1.10 bits per heavy atom. The van der Waals surface area contributed by atoms with Crippen LogP contribution < -0.4 is 5.73 Å². The highest BCUT2D eigenvalue weighted by Gasteiger charge is 2.14. The summed E-state index contributed by atoms with van der Waals surface area (Å²) in [6.07, 6.45) is 3.70. The molecule has 1 rings (SSSR count). The van der Waals surface area contributed by atoms with Gasteiger partial charge in [-0.2, -0.15) is 0 Å². The first kappa shape index (κ1) is 19.7. The molecule has 1 aliphatic rings. The fourth-order valence-corrected chi connectivity index (χ4v) is 2.45. The molecule has 0 aliphatic carbocycles. The number of carbonyl (C=O) groups is 2. The summed E-state index contributed by atoms with van der Waals surface area (Å²) in [4.78, 5) is 24.7. The van der Waals surface area contributed by atoms with E-state index in [0.29, 0.717) is 18.6 Å². The number of likely N-dealkylation sites (tertiary alicyclic amines) is 1. The highest BCUT2D eigenvalue weighted by atomic mass is 16.4. The molecule has 0 spiro atoms. The van der Waals surface area contributed by atoms with E-state index in [4.69, 9.17) is 10.8 Å². The molecule has 0 atom stereocenters. The van der Waals surface area contributed by atoms with Crippen molar-refractivity contribution in [1.29, 1.82) is 0 Å². The topological polar surface area (TPSA) is 86.9 Å². The minimum absolute atomic E-state index is 0.232. The zero-order chi connectivity index (χ0) is 16.4. The number of carbonyl (C=O) groups excluding carboxylic acids is 1. The largest absolute Gasteiger partial charge is 0.481 e. The number of piperidine rings is 1. The molecule has 21 heavy (non-hydrogen) atoms. The lowest BCUT2D eigenvalue weighted by Crippen LogP contribution is -2.39. The SMILES string of the molecule is CC(C)N(CCC(=O)O)C(C)C.NC(=O)N1CCCCC1. The molecule has 0 aromatic carbocycles. The second-order valence-electron chi connectivity index (χ2n) is 5.96. The second kappa shape index (κ2) is 10.4. The van der Waals surface area contributed by atoms with E-state index in [-0.39, 0.29) is 12.5 Å². The number of urea groups is 1. The van der Waals surface area contributed by atoms with Crippen LogP contribution in [0.4, 0.5) is 4.79 Å². The number of carboxylic acid groups (broad SMARTS) is 1. The van der Waals surface area contributed by atoms with Gasteiger partial charge >= 0.3 is 12.0 Å². The zero-order valence-corrected chi connectivity index (χ0v) is 13.8. The van der Waals surface area contributed by atoms with Gasteiger partial charge in [-0.1, -0.05) is 0 Å². The van der Waals surface area contributed by atoms with Crippen molar-refractivity contribution in [2.45, 2.75) is 65.5 Å². The van der Waals surface area contributed by atoms with Crippen LogP contribution in [0.3, 0.4) is 0 Å². The summed E-state index contributed by atoms with van der Waals surface area (Å²) in [5.41, 5.74) is 5.05. The number of rotatable bonds is 5. The highest BCUT2D eigenvalue weighted by Crippen LogP contribution is 2.07. The quantitative estimate of drug-likeness (QED) is 0.814. The minimum atomic E-state index is -0.721. The monoisotopic (exact) mass is 301 g/mol. The number of aliphatic carboxylic acids is 1. The van der Waals surface area contributed by atoms with E-state index in [0.717, 1.165) is 25.9 Å². The third-order valence-electron chi connectivity index (χ3n) is 3.58. The molecule has 6 heteroatoms. The molecule has 1 heterocycles. The lowest BCUT2D eigenvalue weighted by Gasteiger charge is -2.29. The van der Waals surface area contributed by atoms with E-state index in [9.17, 15) is 9.59 Å². The maximum Gasteiger partial charge on any atom is 0.314 e. The summed E-state index contributed by atoms with van der Waals surface area (Å²) in [5.74, 6) is -0.721. The molecule has 2 amide bonds. The van der Waals surface area contributed by atoms with Gasteiger partial charge in [0.05, 0.1) is 6.42 Å². The third kappa shape index (κ3) is 9.28. The summed E-state index contributed by atoms with van der Waals surface area (Å²) in [6, 6.07) is 0.573. The first-order valence-electron chi connectivity index (χ1n) is 7.77. The van der Waals surface area contributed by atoms with Crippen LogP contribution >= 0.6 is 0 Å². The molecule has 0 unspecified atom stereocenters. The van der Waals surface area contributed by atoms with Gasteiger partial charge in [0.2, 0.25) is 0 Å². The molecule has 124 valence electrons. The van der Waals surface area contributed by atoms with Crippen molar-refractivity contribution in [2.75, 3.05) is 19.6 Å². The maximum atomic E-state index is 10.5. The predicted octanol–water partition coefficient (Wildman–Crippen LogP) is 2.13. The average Bonchev–Trinajstić information content (AvgIpc) is 2.39. The summed E-state index contributed by atoms with van der Waals surface area (Å²) in [5, 5.41) is 8.50. The van der Waals surface area contributed by atoms with Gasteiger partial charge in [-0.15, -0.1) is 0 Å². The predicted molar refractivity (Wildman–Crippen MR) is 84.2 cm³/mol. The first-order valence-corrected chi connectivity index (χ1v) is 7.77. The molecular formula is C15H31N3O3. The molecule has 0 radical (unpaired) electrons. The molecule has 1 aliphatic heterocycles. The van der Waals surface area contributed by atoms with Crippen LogP contribution in [-0.2, 0) is 4.79 Å². The molecular weight excluding hydrogens is 270 g/mol. The molecule has 0 aromatic heterocycles. The lowest BCUT2D eigenvalue weighted by molar-refractivity contribution is -0.137. The van der Waals surface area contributed by atoms with Crippen LogP contribution in [0.5, 0.6) is 0 Å². The third-order valence-corrected chi connectivity index (χ3v) is 3.58. The summed E-state index contributed by atoms with van der Waals surface area (Å²) in [6.45, 7) is 10.7. The molecule has 0 saturated carbocycles. The number of nitrogens with zero attached hydrogens (tertiary/aromatic N) is 2. The van der Waals surface area contributed by atoms with Crippen LogP contribution in [0.25, 0.3) is 0 Å². The van der Waals surface area contributed by atoms with Crippen LogP contribution in [0, 0.1) is 0 Å². The molecule has 3 N–H and O–H groups in total. The first-order chi connectivity index (χ1) is 9.75. The van der Waals surface area contributed by atoms with Crippen molar-refractivity contribution in [2.24, 2.45) is 5.73 Å². The van der Waals surface area contributed by atoms with Gasteiger partial charge in [0, 0.05) is 31.7 Å². The second-order valence-corrected chi connectivity index (χ2v) is 5.96. The van der Waals surface area contributed by atoms with E-state index in [2.05, 4.69) is 32.6 Å². The number of amides is 2. The Morgan fingerprint density at radius 3 is 1.86 bits per heavy atom. The lowest BCUT2D eigenvalue weighted by atomic mass is 10.1. The summed E-state index contributed by atoms with van der Waals surface area (Å²) >= 11 is 0. The molecule has 0 bridgehead atoms. The van der Waals surface area contributed by atoms with Crippen molar-refractivity contribution >= 4 is 12.0 Å². The van der Waals surface area contributed by atoms with Crippen LogP contribution in [0.1, 0.15) is 53.4 Å². The van der Waals surface area contributed by atoms with Crippen molar-refractivity contribution < 1.29 is 14.7 Å². The number of primary amides is 1. The van der Waals surface area contributed by atoms with Gasteiger partial charge in [-0.3, -0.25) is 9.69 Å². The Kier molecular flexibility index (Phi) is 9.78. The van der Waals surface area contributed by atoms with Crippen molar-refractivity contribution in [3.05, 3.63) is 0 Å². The molecule has 1 saturated heterocycles. The average molecular weight is 301 g/mol. The Balaban J connectivity index is 0.000000394. The maximum absolute atomic E-state index is 10.5. The van der Waals surface area contributed by atoms with Crippen molar-refractivity contribution in [3.8, 4) is 0 Å². The van der Waals surface area contributed by atoms with Crippen molar-refractivity contribution in [1.82, 2.24) is 9.80 Å². The normalized spacial score (nSPS) is 15.1. The minimum Gasteiger partial charge on any atom is -0.481 e. The zero-order valence-electron chi connectivity index (χ0n) is 13.8. The summed E-state index contributed by atoms with van der Waals surface area (Å²) in [7, 11) is 0. The Labute approximate surface area is 128 Å². The van der Waals surface area contributed by atoms with Gasteiger partial charge in [0.1, 0.15) is 0 Å². The van der Waals surface area contributed by atoms with E-state index in [1.54, 1.807) is 4.90 Å². The molecule has 0 aromatic rings. The number of hydrogen-bond acceptors (Lipinski definition) is 3. The Hall–Kier alpha value is -1.30. The standard InChI is InChI=1S/C9H19NO2.C6H12N2O/c1-7(2)10(8(3)4)6-5-9(11)12;7-6(9)8-4-2-1-3-5-8/h7-8H,5-6H2,1-4H3,(H,11,12);1-5H2,(H2,7,9). The van der Waals surface area contributed by atoms with Gasteiger partial charge in [-0.05, 0) is 47.0 Å². The number of hydrogen-bond donors (Lipinski definition) is 2. The fraction of sp³-hybridized carbons (Fsp3) is 0.867. The van der Waals surface area contributed by atoms with E-state index < -0.39 is 5.97 Å². The van der Waals surface area contributed by atoms with Gasteiger partial charge in [-0.25, -0.2) is 4.79 Å². The van der Waals surface area contributed by atoms with Crippen molar-refractivity contribution in [3.63, 3.8) is 0 Å². The van der Waals surface area contributed by atoms with Crippen LogP contribution in [0.2, 0.25) is 0 Å². The van der Waals surface area contributed by atoms with Crippen LogP contribution in [0.15, 0.2) is 0 Å². The van der Waals surface area contributed by atoms with Gasteiger partial charge < -0.3 is 15.7 Å². The number of carboxylic acids is 1. The summed E-state index contributed by atoms with van der Waals surface area (Å²) < 4.78 is 0. The van der Waals surface area contributed by atoms with Gasteiger partial charge in [0.25, 0.3) is 0 Å². The van der Waals surface area contributed by atoms with E-state index in [1.165, 1.54) is 6.42 Å². The van der Waals surface area contributed by atoms with Gasteiger partial charge in [0.15, 0.2) is 0 Å². The highest BCUT2D eigenvalue weighted by molar-refractivity contribution is 5.72. The van der Waals surface area contributed by atoms with E-state index >= 15 is 0 Å². The molecule has 6 nitrogen and oxygen atoms in total. The molecule has 1 fully saturated rings. The van der Waals surface area contributed by atoms with Crippen LogP contribution in [-0.4, -0.2) is 58.6 Å². The fourth-order valence-electron chi connectivity index (χ4n) is 2.45. The Bertz CT molecular complexity index is 305. The number of nitrogens with two attached hydrogens (primary N) is 1.